The van der Waals surface area contributed by atoms with E-state index >= 15 is 0 Å². The minimum atomic E-state index is -0.725. The molecule has 6 heteroatoms. The Morgan fingerprint density at radius 3 is 2.71 bits per heavy atom. The molecule has 0 aliphatic carbocycles. The second-order valence-corrected chi connectivity index (χ2v) is 6.37. The standard InChI is InChI=1S/C15H22N4O2/c1-10-11(2)17-9-18-13(10)19-5-3-15(4-6-19)7-12(14(20)21)16-8-15/h9,12,16H,3-8H2,1-2H3,(H,20,21)/t12-/m1/s1. The Labute approximate surface area is 124 Å². The molecule has 114 valence electrons. The summed E-state index contributed by atoms with van der Waals surface area (Å²) in [6, 6.07) is -0.375. The molecule has 1 aromatic heterocycles. The van der Waals surface area contributed by atoms with Crippen LogP contribution in [0.5, 0.6) is 0 Å². The molecule has 0 radical (unpaired) electrons. The van der Waals surface area contributed by atoms with Gasteiger partial charge in [-0.3, -0.25) is 4.79 Å². The summed E-state index contributed by atoms with van der Waals surface area (Å²) in [5.41, 5.74) is 2.31. The van der Waals surface area contributed by atoms with E-state index in [2.05, 4.69) is 27.1 Å². The number of aliphatic carboxylic acids is 1. The van der Waals surface area contributed by atoms with Gasteiger partial charge in [0.15, 0.2) is 0 Å². The highest BCUT2D eigenvalue weighted by Gasteiger charge is 2.43. The topological polar surface area (TPSA) is 78.4 Å². The van der Waals surface area contributed by atoms with Crippen LogP contribution in [0.3, 0.4) is 0 Å². The Morgan fingerprint density at radius 2 is 2.10 bits per heavy atom. The molecule has 1 aromatic rings. The average molecular weight is 290 g/mol. The summed E-state index contributed by atoms with van der Waals surface area (Å²) in [6.45, 7) is 6.76. The van der Waals surface area contributed by atoms with E-state index in [4.69, 9.17) is 5.11 Å². The van der Waals surface area contributed by atoms with Crippen molar-refractivity contribution in [2.24, 2.45) is 5.41 Å². The van der Waals surface area contributed by atoms with Gasteiger partial charge in [-0.05, 0) is 38.5 Å². The van der Waals surface area contributed by atoms with Crippen molar-refractivity contribution in [2.45, 2.75) is 39.2 Å². The largest absolute Gasteiger partial charge is 0.480 e. The summed E-state index contributed by atoms with van der Waals surface area (Å²) in [7, 11) is 0. The molecule has 0 amide bonds. The van der Waals surface area contributed by atoms with Crippen molar-refractivity contribution in [3.8, 4) is 0 Å². The molecule has 0 unspecified atom stereocenters. The highest BCUT2D eigenvalue weighted by molar-refractivity contribution is 5.74. The van der Waals surface area contributed by atoms with Crippen molar-refractivity contribution < 1.29 is 9.90 Å². The second kappa shape index (κ2) is 5.26. The highest BCUT2D eigenvalue weighted by atomic mass is 16.4. The van der Waals surface area contributed by atoms with Crippen LogP contribution in [0.1, 0.15) is 30.5 Å². The lowest BCUT2D eigenvalue weighted by Crippen LogP contribution is -2.42. The number of nitrogens with zero attached hydrogens (tertiary/aromatic N) is 3. The molecule has 1 spiro atoms. The fourth-order valence-electron chi connectivity index (χ4n) is 3.51. The SMILES string of the molecule is Cc1ncnc(N2CCC3(CC2)CN[C@@H](C(=O)O)C3)c1C. The van der Waals surface area contributed by atoms with Crippen LogP contribution in [0, 0.1) is 19.3 Å². The molecule has 6 nitrogen and oxygen atoms in total. The van der Waals surface area contributed by atoms with Crippen LogP contribution in [0.25, 0.3) is 0 Å². The quantitative estimate of drug-likeness (QED) is 0.850. The number of carboxylic acids is 1. The van der Waals surface area contributed by atoms with Crippen molar-refractivity contribution in [3.63, 3.8) is 0 Å². The van der Waals surface area contributed by atoms with Gasteiger partial charge in [0.05, 0.1) is 0 Å². The molecule has 3 heterocycles. The molecule has 0 aromatic carbocycles. The molecule has 0 bridgehead atoms. The third-order valence-corrected chi connectivity index (χ3v) is 5.09. The molecule has 2 saturated heterocycles. The van der Waals surface area contributed by atoms with Crippen LogP contribution in [-0.2, 0) is 4.79 Å². The van der Waals surface area contributed by atoms with Crippen molar-refractivity contribution in [2.75, 3.05) is 24.5 Å². The summed E-state index contributed by atoms with van der Waals surface area (Å²) in [4.78, 5) is 22.1. The van der Waals surface area contributed by atoms with E-state index in [0.29, 0.717) is 0 Å². The Morgan fingerprint density at radius 1 is 1.38 bits per heavy atom. The van der Waals surface area contributed by atoms with Gasteiger partial charge in [-0.2, -0.15) is 0 Å². The zero-order valence-corrected chi connectivity index (χ0v) is 12.6. The molecule has 3 rings (SSSR count). The number of aromatic nitrogens is 2. The van der Waals surface area contributed by atoms with Gasteiger partial charge < -0.3 is 15.3 Å². The van der Waals surface area contributed by atoms with Gasteiger partial charge in [0.1, 0.15) is 18.2 Å². The predicted molar refractivity (Wildman–Crippen MR) is 79.4 cm³/mol. The smallest absolute Gasteiger partial charge is 0.320 e. The van der Waals surface area contributed by atoms with E-state index in [0.717, 1.165) is 56.0 Å². The number of hydrogen-bond acceptors (Lipinski definition) is 5. The molecule has 0 saturated carbocycles. The van der Waals surface area contributed by atoms with Gasteiger partial charge in [-0.1, -0.05) is 0 Å². The summed E-state index contributed by atoms with van der Waals surface area (Å²) in [5, 5.41) is 12.3. The van der Waals surface area contributed by atoms with Crippen LogP contribution in [0.15, 0.2) is 6.33 Å². The fourth-order valence-corrected chi connectivity index (χ4v) is 3.51. The van der Waals surface area contributed by atoms with Gasteiger partial charge in [-0.15, -0.1) is 0 Å². The number of anilines is 1. The lowest BCUT2D eigenvalue weighted by molar-refractivity contribution is -0.139. The summed E-state index contributed by atoms with van der Waals surface area (Å²) in [6.07, 6.45) is 4.41. The Balaban J connectivity index is 1.68. The Hall–Kier alpha value is -1.69. The van der Waals surface area contributed by atoms with Crippen molar-refractivity contribution in [1.82, 2.24) is 15.3 Å². The van der Waals surface area contributed by atoms with Gasteiger partial charge in [0.25, 0.3) is 0 Å². The number of piperidine rings is 1. The van der Waals surface area contributed by atoms with E-state index in [1.165, 1.54) is 0 Å². The maximum absolute atomic E-state index is 11.1. The molecular weight excluding hydrogens is 268 g/mol. The summed E-state index contributed by atoms with van der Waals surface area (Å²) < 4.78 is 0. The number of carboxylic acid groups (broad SMARTS) is 1. The maximum Gasteiger partial charge on any atom is 0.320 e. The van der Waals surface area contributed by atoms with Crippen LogP contribution in [0.4, 0.5) is 5.82 Å². The molecule has 2 aliphatic heterocycles. The van der Waals surface area contributed by atoms with Gasteiger partial charge >= 0.3 is 5.97 Å². The average Bonchev–Trinajstić information content (AvgIpc) is 2.88. The fraction of sp³-hybridized carbons (Fsp3) is 0.667. The number of aryl methyl sites for hydroxylation is 1. The lowest BCUT2D eigenvalue weighted by atomic mass is 9.76. The minimum Gasteiger partial charge on any atom is -0.480 e. The predicted octanol–water partition coefficient (Wildman–Crippen LogP) is 1.13. The molecule has 2 N–H and O–H groups in total. The molecule has 1 atom stereocenters. The number of hydrogen-bond donors (Lipinski definition) is 2. The first kappa shape index (κ1) is 14.3. The monoisotopic (exact) mass is 290 g/mol. The molecule has 21 heavy (non-hydrogen) atoms. The summed E-state index contributed by atoms with van der Waals surface area (Å²) in [5.74, 6) is 0.301. The molecule has 2 fully saturated rings. The van der Waals surface area contributed by atoms with Crippen molar-refractivity contribution in [3.05, 3.63) is 17.6 Å². The van der Waals surface area contributed by atoms with E-state index in [-0.39, 0.29) is 11.5 Å². The third-order valence-electron chi connectivity index (χ3n) is 5.09. The van der Waals surface area contributed by atoms with Gasteiger partial charge in [-0.25, -0.2) is 9.97 Å². The van der Waals surface area contributed by atoms with Gasteiger partial charge in [0.2, 0.25) is 0 Å². The Bertz CT molecular complexity index is 553. The molecular formula is C15H22N4O2. The highest BCUT2D eigenvalue weighted by Crippen LogP contribution is 2.40. The van der Waals surface area contributed by atoms with Crippen molar-refractivity contribution in [1.29, 1.82) is 0 Å². The van der Waals surface area contributed by atoms with Crippen LogP contribution in [0.2, 0.25) is 0 Å². The van der Waals surface area contributed by atoms with Crippen molar-refractivity contribution >= 4 is 11.8 Å². The first-order valence-electron chi connectivity index (χ1n) is 7.50. The zero-order chi connectivity index (χ0) is 15.0. The molecule has 2 aliphatic rings. The summed E-state index contributed by atoms with van der Waals surface area (Å²) >= 11 is 0. The normalized spacial score (nSPS) is 24.5. The van der Waals surface area contributed by atoms with E-state index in [1.807, 2.05) is 6.92 Å². The van der Waals surface area contributed by atoms with Gasteiger partial charge in [0, 0.05) is 30.9 Å². The van der Waals surface area contributed by atoms with E-state index in [9.17, 15) is 4.79 Å². The lowest BCUT2D eigenvalue weighted by Gasteiger charge is -2.40. The first-order valence-corrected chi connectivity index (χ1v) is 7.50. The van der Waals surface area contributed by atoms with Crippen LogP contribution >= 0.6 is 0 Å². The van der Waals surface area contributed by atoms with E-state index < -0.39 is 5.97 Å². The van der Waals surface area contributed by atoms with E-state index in [1.54, 1.807) is 6.33 Å². The number of carbonyl (C=O) groups is 1. The van der Waals surface area contributed by atoms with Crippen LogP contribution in [-0.4, -0.2) is 46.7 Å². The maximum atomic E-state index is 11.1. The Kier molecular flexibility index (Phi) is 3.57. The minimum absolute atomic E-state index is 0.148. The third kappa shape index (κ3) is 2.60. The second-order valence-electron chi connectivity index (χ2n) is 6.37. The van der Waals surface area contributed by atoms with Crippen LogP contribution < -0.4 is 10.2 Å². The number of rotatable bonds is 2. The number of nitrogens with one attached hydrogen (secondary N) is 1. The first-order chi connectivity index (χ1) is 10.0. The zero-order valence-electron chi connectivity index (χ0n) is 12.6.